The third-order valence-electron chi connectivity index (χ3n) is 2.42. The van der Waals surface area contributed by atoms with E-state index in [2.05, 4.69) is 85.3 Å². The molecule has 7 heteroatoms. The van der Waals surface area contributed by atoms with Gasteiger partial charge < -0.3 is 4.74 Å². The maximum absolute atomic E-state index is 10.9. The molecule has 4 nitrogen and oxygen atoms in total. The first kappa shape index (κ1) is 17.7. The van der Waals surface area contributed by atoms with Gasteiger partial charge in [-0.3, -0.25) is 10.2 Å². The van der Waals surface area contributed by atoms with E-state index in [1.54, 1.807) is 0 Å². The van der Waals surface area contributed by atoms with Crippen LogP contribution in [-0.4, -0.2) is 12.5 Å². The van der Waals surface area contributed by atoms with Gasteiger partial charge in [0.05, 0.1) is 13.7 Å². The summed E-state index contributed by atoms with van der Waals surface area (Å²) in [7, 11) is 0. The summed E-state index contributed by atoms with van der Waals surface area (Å²) in [5.74, 6) is 5.86. The topological polar surface area (TPSA) is 64.3 Å². The Morgan fingerprint density at radius 2 is 1.79 bits per heavy atom. The molecule has 3 N–H and O–H groups in total. The predicted octanol–water partition coefficient (Wildman–Crippen LogP) is 3.43. The highest BCUT2D eigenvalue weighted by atomic mass is 127. The number of carbonyl (C=O) groups is 1. The number of unbranched alkanes of at least 4 members (excludes halogenated alkanes) is 2. The van der Waals surface area contributed by atoms with Crippen LogP contribution in [0.4, 0.5) is 0 Å². The normalized spacial score (nSPS) is 10.3. The molecule has 1 aromatic carbocycles. The van der Waals surface area contributed by atoms with Crippen molar-refractivity contribution < 1.29 is 9.53 Å². The highest BCUT2D eigenvalue weighted by Gasteiger charge is 2.07. The lowest BCUT2D eigenvalue weighted by Crippen LogP contribution is -2.29. The third-order valence-corrected chi connectivity index (χ3v) is 4.64. The zero-order valence-corrected chi connectivity index (χ0v) is 16.7. The second-order valence-corrected chi connectivity index (χ2v) is 7.50. The molecule has 0 aliphatic rings. The minimum absolute atomic E-state index is 0.109. The number of amides is 1. The fourth-order valence-electron chi connectivity index (χ4n) is 1.48. The van der Waals surface area contributed by atoms with E-state index in [1.165, 1.54) is 3.57 Å². The zero-order valence-electron chi connectivity index (χ0n) is 10.2. The molecule has 0 fully saturated rings. The summed E-state index contributed by atoms with van der Waals surface area (Å²) in [5.41, 5.74) is 2.13. The lowest BCUT2D eigenvalue weighted by atomic mass is 10.2. The van der Waals surface area contributed by atoms with Crippen LogP contribution >= 0.6 is 67.8 Å². The molecule has 0 saturated heterocycles. The van der Waals surface area contributed by atoms with Crippen molar-refractivity contribution in [3.05, 3.63) is 22.8 Å². The Labute approximate surface area is 154 Å². The number of carbonyl (C=O) groups excluding carboxylic acids is 1. The Bertz CT molecular complexity index is 418. The SMILES string of the molecule is NNC(=O)CCCCCOc1c(I)cc(I)cc1I. The Morgan fingerprint density at radius 1 is 1.16 bits per heavy atom. The Balaban J connectivity index is 2.28. The molecule has 1 aromatic rings. The molecule has 0 aliphatic heterocycles. The number of ether oxygens (including phenoxy) is 1. The van der Waals surface area contributed by atoms with E-state index in [0.29, 0.717) is 13.0 Å². The van der Waals surface area contributed by atoms with Gasteiger partial charge in [-0.2, -0.15) is 0 Å². The molecule has 0 saturated carbocycles. The molecule has 0 atom stereocenters. The van der Waals surface area contributed by atoms with E-state index in [-0.39, 0.29) is 5.91 Å². The van der Waals surface area contributed by atoms with Crippen molar-refractivity contribution in [1.82, 2.24) is 5.43 Å². The first-order valence-corrected chi connectivity index (χ1v) is 9.05. The van der Waals surface area contributed by atoms with Gasteiger partial charge in [0.2, 0.25) is 5.91 Å². The zero-order chi connectivity index (χ0) is 14.3. The van der Waals surface area contributed by atoms with Crippen molar-refractivity contribution >= 4 is 73.7 Å². The van der Waals surface area contributed by atoms with Gasteiger partial charge in [0, 0.05) is 9.99 Å². The smallest absolute Gasteiger partial charge is 0.233 e. The molecule has 1 amide bonds. The standard InChI is InChI=1S/C12H15I3N2O2/c13-8-6-9(14)12(10(15)7-8)19-5-3-1-2-4-11(18)17-16/h6-7H,1-5,16H2,(H,17,18). The van der Waals surface area contributed by atoms with Crippen molar-refractivity contribution in [3.63, 3.8) is 0 Å². The molecule has 0 heterocycles. The molecule has 0 bridgehead atoms. The van der Waals surface area contributed by atoms with Crippen molar-refractivity contribution in [1.29, 1.82) is 0 Å². The molecule has 19 heavy (non-hydrogen) atoms. The van der Waals surface area contributed by atoms with E-state index < -0.39 is 0 Å². The molecule has 0 aromatic heterocycles. The van der Waals surface area contributed by atoms with Crippen LogP contribution in [0.15, 0.2) is 12.1 Å². The van der Waals surface area contributed by atoms with Gasteiger partial charge in [-0.15, -0.1) is 0 Å². The van der Waals surface area contributed by atoms with Gasteiger partial charge in [-0.1, -0.05) is 0 Å². The first-order chi connectivity index (χ1) is 9.04. The number of halogens is 3. The van der Waals surface area contributed by atoms with Crippen molar-refractivity contribution in [2.75, 3.05) is 6.61 Å². The summed E-state index contributed by atoms with van der Waals surface area (Å²) < 4.78 is 9.30. The van der Waals surface area contributed by atoms with Crippen LogP contribution in [0.5, 0.6) is 5.75 Å². The molecular formula is C12H15I3N2O2. The van der Waals surface area contributed by atoms with Gasteiger partial charge in [0.15, 0.2) is 0 Å². The lowest BCUT2D eigenvalue weighted by Gasteiger charge is -2.10. The highest BCUT2D eigenvalue weighted by Crippen LogP contribution is 2.29. The quantitative estimate of drug-likeness (QED) is 0.166. The van der Waals surface area contributed by atoms with Crippen molar-refractivity contribution in [3.8, 4) is 5.75 Å². The van der Waals surface area contributed by atoms with Crippen LogP contribution in [0.25, 0.3) is 0 Å². The predicted molar refractivity (Wildman–Crippen MR) is 101 cm³/mol. The Morgan fingerprint density at radius 3 is 2.37 bits per heavy atom. The van der Waals surface area contributed by atoms with E-state index in [1.807, 2.05) is 0 Å². The van der Waals surface area contributed by atoms with Gasteiger partial charge >= 0.3 is 0 Å². The maximum Gasteiger partial charge on any atom is 0.233 e. The molecule has 0 radical (unpaired) electrons. The first-order valence-electron chi connectivity index (χ1n) is 5.81. The molecular weight excluding hydrogens is 585 g/mol. The van der Waals surface area contributed by atoms with E-state index in [4.69, 9.17) is 10.6 Å². The summed E-state index contributed by atoms with van der Waals surface area (Å²) in [4.78, 5) is 10.9. The van der Waals surface area contributed by atoms with Crippen LogP contribution in [-0.2, 0) is 4.79 Å². The third kappa shape index (κ3) is 6.76. The van der Waals surface area contributed by atoms with Crippen LogP contribution in [0.1, 0.15) is 25.7 Å². The van der Waals surface area contributed by atoms with Crippen molar-refractivity contribution in [2.45, 2.75) is 25.7 Å². The van der Waals surface area contributed by atoms with Crippen LogP contribution in [0.2, 0.25) is 0 Å². The Hall–Kier alpha value is 0.640. The van der Waals surface area contributed by atoms with Gasteiger partial charge in [-0.25, -0.2) is 5.84 Å². The van der Waals surface area contributed by atoms with Gasteiger partial charge in [-0.05, 0) is 99.2 Å². The second-order valence-electron chi connectivity index (χ2n) is 3.93. The van der Waals surface area contributed by atoms with Crippen LogP contribution in [0.3, 0.4) is 0 Å². The summed E-state index contributed by atoms with van der Waals surface area (Å²) in [5, 5.41) is 0. The second kappa shape index (κ2) is 9.55. The molecule has 0 aliphatic carbocycles. The number of hydrazine groups is 1. The van der Waals surface area contributed by atoms with Crippen LogP contribution < -0.4 is 16.0 Å². The molecule has 1 rings (SSSR count). The fourth-order valence-corrected chi connectivity index (χ4v) is 5.37. The number of nitrogens with two attached hydrogens (primary N) is 1. The van der Waals surface area contributed by atoms with E-state index in [0.717, 1.165) is 32.2 Å². The molecule has 0 spiro atoms. The lowest BCUT2D eigenvalue weighted by molar-refractivity contribution is -0.121. The van der Waals surface area contributed by atoms with Crippen molar-refractivity contribution in [2.24, 2.45) is 5.84 Å². The number of benzene rings is 1. The summed E-state index contributed by atoms with van der Waals surface area (Å²) in [6.45, 7) is 0.677. The molecule has 0 unspecified atom stereocenters. The average molecular weight is 600 g/mol. The van der Waals surface area contributed by atoms with Gasteiger partial charge in [0.25, 0.3) is 0 Å². The number of hydrogen-bond acceptors (Lipinski definition) is 3. The Kier molecular flexibility index (Phi) is 8.90. The monoisotopic (exact) mass is 600 g/mol. The van der Waals surface area contributed by atoms with Crippen LogP contribution in [0, 0.1) is 10.7 Å². The van der Waals surface area contributed by atoms with E-state index >= 15 is 0 Å². The van der Waals surface area contributed by atoms with E-state index in [9.17, 15) is 4.79 Å². The minimum atomic E-state index is -0.109. The fraction of sp³-hybridized carbons (Fsp3) is 0.417. The molecule has 106 valence electrons. The van der Waals surface area contributed by atoms with Gasteiger partial charge in [0.1, 0.15) is 5.75 Å². The highest BCUT2D eigenvalue weighted by molar-refractivity contribution is 14.1. The number of nitrogens with one attached hydrogen (secondary N) is 1. The largest absolute Gasteiger partial charge is 0.491 e. The summed E-state index contributed by atoms with van der Waals surface area (Å²) in [6.07, 6.45) is 3.23. The number of rotatable bonds is 7. The minimum Gasteiger partial charge on any atom is -0.491 e. The maximum atomic E-state index is 10.9. The summed E-state index contributed by atoms with van der Waals surface area (Å²) >= 11 is 6.88. The average Bonchev–Trinajstić information content (AvgIpc) is 2.35. The summed E-state index contributed by atoms with van der Waals surface area (Å²) in [6, 6.07) is 4.20. The number of hydrogen-bond donors (Lipinski definition) is 2.